The molecule has 5 aromatic carbocycles. The van der Waals surface area contributed by atoms with Crippen LogP contribution in [0.5, 0.6) is 0 Å². The smallest absolute Gasteiger partial charge is 0.145 e. The maximum absolute atomic E-state index is 4.80. The van der Waals surface area contributed by atoms with Gasteiger partial charge in [0.2, 0.25) is 0 Å². The monoisotopic (exact) mass is 489 g/mol. The lowest BCUT2D eigenvalue weighted by Crippen LogP contribution is -1.94. The highest BCUT2D eigenvalue weighted by Crippen LogP contribution is 2.45. The molecule has 3 nitrogen and oxygen atoms in total. The van der Waals surface area contributed by atoms with Crippen LogP contribution in [0.1, 0.15) is 0 Å². The zero-order valence-electron chi connectivity index (χ0n) is 19.7. The van der Waals surface area contributed by atoms with Crippen LogP contribution in [0.3, 0.4) is 0 Å². The fourth-order valence-electron chi connectivity index (χ4n) is 6.24. The quantitative estimate of drug-likeness (QED) is 0.211. The van der Waals surface area contributed by atoms with Gasteiger partial charge < -0.3 is 4.57 Å². The first-order chi connectivity index (χ1) is 18.4. The van der Waals surface area contributed by atoms with E-state index in [4.69, 9.17) is 4.98 Å². The van der Waals surface area contributed by atoms with E-state index in [2.05, 4.69) is 118 Å². The number of para-hydroxylation sites is 2. The Labute approximate surface area is 215 Å². The summed E-state index contributed by atoms with van der Waals surface area (Å²) in [7, 11) is 0. The van der Waals surface area contributed by atoms with Crippen molar-refractivity contribution >= 4 is 80.6 Å². The number of benzene rings is 5. The van der Waals surface area contributed by atoms with Crippen LogP contribution in [-0.2, 0) is 0 Å². The molecule has 0 spiro atoms. The van der Waals surface area contributed by atoms with Crippen molar-refractivity contribution < 1.29 is 0 Å². The minimum atomic E-state index is 0.992. The van der Waals surface area contributed by atoms with Crippen LogP contribution >= 0.6 is 11.3 Å². The molecular weight excluding hydrogens is 470 g/mol. The highest BCUT2D eigenvalue weighted by molar-refractivity contribution is 7.26. The van der Waals surface area contributed by atoms with Gasteiger partial charge in [-0.3, -0.25) is 4.40 Å². The molecule has 172 valence electrons. The van der Waals surface area contributed by atoms with E-state index in [1.54, 1.807) is 0 Å². The summed E-state index contributed by atoms with van der Waals surface area (Å²) in [5.74, 6) is 0. The van der Waals surface area contributed by atoms with E-state index in [0.717, 1.165) is 5.65 Å². The van der Waals surface area contributed by atoms with Crippen molar-refractivity contribution in [3.63, 3.8) is 0 Å². The van der Waals surface area contributed by atoms with Gasteiger partial charge in [0.15, 0.2) is 0 Å². The van der Waals surface area contributed by atoms with Crippen LogP contribution in [-0.4, -0.2) is 14.0 Å². The van der Waals surface area contributed by atoms with Crippen molar-refractivity contribution in [2.24, 2.45) is 0 Å². The van der Waals surface area contributed by atoms with Crippen LogP contribution in [0.4, 0.5) is 0 Å². The van der Waals surface area contributed by atoms with Gasteiger partial charge in [0.1, 0.15) is 5.65 Å². The molecule has 9 rings (SSSR count). The van der Waals surface area contributed by atoms with Gasteiger partial charge in [0.05, 0.1) is 16.6 Å². The number of fused-ring (bicyclic) bond motifs is 13. The van der Waals surface area contributed by atoms with Crippen molar-refractivity contribution in [3.8, 4) is 5.69 Å². The van der Waals surface area contributed by atoms with Crippen molar-refractivity contribution in [2.75, 3.05) is 0 Å². The third kappa shape index (κ3) is 2.48. The molecule has 0 fully saturated rings. The molecule has 0 aliphatic heterocycles. The van der Waals surface area contributed by atoms with E-state index >= 15 is 0 Å². The molecular formula is C33H19N3S. The van der Waals surface area contributed by atoms with E-state index in [0.29, 0.717) is 0 Å². The third-order valence-corrected chi connectivity index (χ3v) is 8.89. The van der Waals surface area contributed by atoms with Crippen LogP contribution in [0.25, 0.3) is 75.0 Å². The molecule has 9 aromatic rings. The molecule has 0 bridgehead atoms. The second kappa shape index (κ2) is 6.96. The predicted octanol–water partition coefficient (Wildman–Crippen LogP) is 9.11. The fourth-order valence-corrected chi connectivity index (χ4v) is 7.35. The summed E-state index contributed by atoms with van der Waals surface area (Å²) in [6.45, 7) is 0. The maximum atomic E-state index is 4.80. The molecule has 37 heavy (non-hydrogen) atoms. The summed E-state index contributed by atoms with van der Waals surface area (Å²) in [5.41, 5.74) is 5.78. The third-order valence-electron chi connectivity index (χ3n) is 7.76. The van der Waals surface area contributed by atoms with Gasteiger partial charge in [0.25, 0.3) is 0 Å². The molecule has 0 saturated carbocycles. The van der Waals surface area contributed by atoms with Crippen LogP contribution in [0, 0.1) is 0 Å². The Morgan fingerprint density at radius 2 is 1.35 bits per heavy atom. The molecule has 0 radical (unpaired) electrons. The molecule has 4 aromatic heterocycles. The maximum Gasteiger partial charge on any atom is 0.145 e. The van der Waals surface area contributed by atoms with Gasteiger partial charge in [-0.2, -0.15) is 0 Å². The summed E-state index contributed by atoms with van der Waals surface area (Å²) in [6.07, 6.45) is 3.97. The Bertz CT molecular complexity index is 2350. The van der Waals surface area contributed by atoms with Crippen molar-refractivity contribution in [3.05, 3.63) is 116 Å². The van der Waals surface area contributed by atoms with Crippen molar-refractivity contribution in [2.45, 2.75) is 0 Å². The highest BCUT2D eigenvalue weighted by Gasteiger charge is 2.20. The number of pyridine rings is 1. The molecule has 4 heteroatoms. The van der Waals surface area contributed by atoms with Gasteiger partial charge in [-0.05, 0) is 53.9 Å². The minimum Gasteiger partial charge on any atom is -0.309 e. The lowest BCUT2D eigenvalue weighted by Gasteiger charge is -2.11. The second-order valence-corrected chi connectivity index (χ2v) is 10.7. The number of hydrogen-bond donors (Lipinski definition) is 0. The summed E-state index contributed by atoms with van der Waals surface area (Å²) >= 11 is 1.88. The highest BCUT2D eigenvalue weighted by atomic mass is 32.1. The first kappa shape index (κ1) is 19.5. The first-order valence-electron chi connectivity index (χ1n) is 12.5. The van der Waals surface area contributed by atoms with E-state index in [1.165, 1.54) is 69.3 Å². The summed E-state index contributed by atoms with van der Waals surface area (Å²) in [5, 5.41) is 8.93. The van der Waals surface area contributed by atoms with E-state index < -0.39 is 0 Å². The van der Waals surface area contributed by atoms with Crippen molar-refractivity contribution in [1.29, 1.82) is 0 Å². The molecule has 0 aliphatic rings. The standard InChI is InChI=1S/C33H19N3S/c1-2-8-20(9-3-1)36-27-14-15-30-32(22-11-5-7-13-29(22)37-30)31(27)25-18-23-21-10-4-6-12-26(21)35-17-16-34-33(35)24(23)19-28(25)36/h1-19H. The molecule has 0 N–H and O–H groups in total. The van der Waals surface area contributed by atoms with Crippen molar-refractivity contribution in [1.82, 2.24) is 14.0 Å². The minimum absolute atomic E-state index is 0.992. The topological polar surface area (TPSA) is 22.2 Å². The molecule has 4 heterocycles. The Hall–Kier alpha value is -4.67. The predicted molar refractivity (Wildman–Crippen MR) is 157 cm³/mol. The SMILES string of the molecule is c1ccc(-n2c3cc4c(cc3c3c5c(ccc32)sc2ccccc25)c2ccccc2n2ccnc42)cc1. The molecule has 0 atom stereocenters. The normalized spacial score (nSPS) is 12.3. The average Bonchev–Trinajstić information content (AvgIpc) is 3.66. The van der Waals surface area contributed by atoms with Gasteiger partial charge >= 0.3 is 0 Å². The number of aromatic nitrogens is 3. The van der Waals surface area contributed by atoms with Crippen LogP contribution in [0.2, 0.25) is 0 Å². The largest absolute Gasteiger partial charge is 0.309 e. The number of rotatable bonds is 1. The van der Waals surface area contributed by atoms with Gasteiger partial charge in [-0.1, -0.05) is 54.6 Å². The van der Waals surface area contributed by atoms with E-state index in [-0.39, 0.29) is 0 Å². The lowest BCUT2D eigenvalue weighted by molar-refractivity contribution is 1.18. The summed E-state index contributed by atoms with van der Waals surface area (Å²) < 4.78 is 7.29. The molecule has 0 amide bonds. The molecule has 0 saturated heterocycles. The number of hydrogen-bond acceptors (Lipinski definition) is 2. The molecule has 0 unspecified atom stereocenters. The second-order valence-electron chi connectivity index (χ2n) is 9.65. The van der Waals surface area contributed by atoms with E-state index in [9.17, 15) is 0 Å². The number of thiophene rings is 1. The number of nitrogens with zero attached hydrogens (tertiary/aromatic N) is 3. The Morgan fingerprint density at radius 1 is 0.541 bits per heavy atom. The average molecular weight is 490 g/mol. The summed E-state index contributed by atoms with van der Waals surface area (Å²) in [6, 6.07) is 37.5. The van der Waals surface area contributed by atoms with Gasteiger partial charge in [-0.25, -0.2) is 4.98 Å². The summed E-state index contributed by atoms with van der Waals surface area (Å²) in [4.78, 5) is 4.80. The fraction of sp³-hybridized carbons (Fsp3) is 0. The number of imidazole rings is 1. The van der Waals surface area contributed by atoms with Crippen LogP contribution in [0.15, 0.2) is 116 Å². The van der Waals surface area contributed by atoms with Gasteiger partial charge in [0, 0.05) is 59.8 Å². The van der Waals surface area contributed by atoms with Crippen LogP contribution < -0.4 is 0 Å². The van der Waals surface area contributed by atoms with Gasteiger partial charge in [-0.15, -0.1) is 11.3 Å². The Balaban J connectivity index is 1.60. The Kier molecular flexibility index (Phi) is 3.67. The first-order valence-corrected chi connectivity index (χ1v) is 13.3. The molecule has 0 aliphatic carbocycles. The van der Waals surface area contributed by atoms with E-state index in [1.807, 2.05) is 17.5 Å². The lowest BCUT2D eigenvalue weighted by atomic mass is 10.0. The zero-order valence-corrected chi connectivity index (χ0v) is 20.5. The Morgan fingerprint density at radius 3 is 2.27 bits per heavy atom. The zero-order chi connectivity index (χ0) is 24.1.